The standard InChI is InChI=1S/C13H19NO3/c1-2-14(9-6-10-15)12(13(16)17)11-7-4-3-5-8-11/h3-5,7-8,12,15H,2,6,9-10H2,1H3,(H,16,17). The number of aliphatic hydroxyl groups is 1. The van der Waals surface area contributed by atoms with E-state index in [0.29, 0.717) is 19.5 Å². The first-order valence-corrected chi connectivity index (χ1v) is 5.83. The molecule has 0 bridgehead atoms. The van der Waals surface area contributed by atoms with Crippen LogP contribution in [-0.2, 0) is 4.79 Å². The van der Waals surface area contributed by atoms with Crippen molar-refractivity contribution in [1.29, 1.82) is 0 Å². The Balaban J connectivity index is 2.87. The van der Waals surface area contributed by atoms with Gasteiger partial charge in [0.25, 0.3) is 0 Å². The Morgan fingerprint density at radius 2 is 2.00 bits per heavy atom. The fourth-order valence-corrected chi connectivity index (χ4v) is 1.89. The molecule has 2 N–H and O–H groups in total. The van der Waals surface area contributed by atoms with Crippen LogP contribution in [0, 0.1) is 0 Å². The topological polar surface area (TPSA) is 60.8 Å². The molecule has 0 aliphatic carbocycles. The van der Waals surface area contributed by atoms with Gasteiger partial charge < -0.3 is 10.2 Å². The van der Waals surface area contributed by atoms with Crippen LogP contribution in [0.15, 0.2) is 30.3 Å². The molecular weight excluding hydrogens is 218 g/mol. The molecule has 0 aliphatic rings. The molecule has 94 valence electrons. The summed E-state index contributed by atoms with van der Waals surface area (Å²) in [5, 5.41) is 18.2. The predicted molar refractivity (Wildman–Crippen MR) is 65.8 cm³/mol. The summed E-state index contributed by atoms with van der Waals surface area (Å²) in [6.07, 6.45) is 0.588. The molecule has 0 amide bonds. The summed E-state index contributed by atoms with van der Waals surface area (Å²) in [6, 6.07) is 8.55. The van der Waals surface area contributed by atoms with Gasteiger partial charge in [-0.05, 0) is 18.5 Å². The van der Waals surface area contributed by atoms with E-state index in [1.165, 1.54) is 0 Å². The van der Waals surface area contributed by atoms with E-state index in [1.54, 1.807) is 0 Å². The zero-order valence-corrected chi connectivity index (χ0v) is 10.0. The first-order valence-electron chi connectivity index (χ1n) is 5.83. The van der Waals surface area contributed by atoms with Crippen molar-refractivity contribution >= 4 is 5.97 Å². The first-order chi connectivity index (χ1) is 8.20. The number of likely N-dealkylation sites (N-methyl/N-ethyl adjacent to an activating group) is 1. The lowest BCUT2D eigenvalue weighted by atomic mass is 10.1. The van der Waals surface area contributed by atoms with Gasteiger partial charge in [0.2, 0.25) is 0 Å². The Kier molecular flexibility index (Phi) is 5.66. The third kappa shape index (κ3) is 3.84. The van der Waals surface area contributed by atoms with Crippen molar-refractivity contribution in [2.24, 2.45) is 0 Å². The molecule has 17 heavy (non-hydrogen) atoms. The minimum absolute atomic E-state index is 0.0810. The largest absolute Gasteiger partial charge is 0.480 e. The summed E-state index contributed by atoms with van der Waals surface area (Å²) in [4.78, 5) is 13.2. The first kappa shape index (κ1) is 13.7. The zero-order chi connectivity index (χ0) is 12.7. The average Bonchev–Trinajstić information content (AvgIpc) is 2.35. The maximum Gasteiger partial charge on any atom is 0.325 e. The minimum atomic E-state index is -0.851. The molecular formula is C13H19NO3. The lowest BCUT2D eigenvalue weighted by Gasteiger charge is -2.27. The highest BCUT2D eigenvalue weighted by molar-refractivity contribution is 5.75. The molecule has 0 radical (unpaired) electrons. The lowest BCUT2D eigenvalue weighted by molar-refractivity contribution is -0.143. The third-order valence-electron chi connectivity index (χ3n) is 2.72. The van der Waals surface area contributed by atoms with E-state index in [1.807, 2.05) is 42.2 Å². The van der Waals surface area contributed by atoms with Gasteiger partial charge in [-0.2, -0.15) is 0 Å². The van der Waals surface area contributed by atoms with Crippen molar-refractivity contribution in [2.45, 2.75) is 19.4 Å². The van der Waals surface area contributed by atoms with Gasteiger partial charge in [-0.15, -0.1) is 0 Å². The van der Waals surface area contributed by atoms with Gasteiger partial charge in [0.15, 0.2) is 0 Å². The quantitative estimate of drug-likeness (QED) is 0.754. The van der Waals surface area contributed by atoms with Crippen LogP contribution in [-0.4, -0.2) is 40.8 Å². The smallest absolute Gasteiger partial charge is 0.325 e. The van der Waals surface area contributed by atoms with Crippen LogP contribution in [0.3, 0.4) is 0 Å². The predicted octanol–water partition coefficient (Wildman–Crippen LogP) is 1.52. The van der Waals surface area contributed by atoms with Crippen LogP contribution in [0.4, 0.5) is 0 Å². The molecule has 0 fully saturated rings. The molecule has 0 spiro atoms. The van der Waals surface area contributed by atoms with Crippen molar-refractivity contribution < 1.29 is 15.0 Å². The SMILES string of the molecule is CCN(CCCO)C(C(=O)O)c1ccccc1. The molecule has 0 saturated carbocycles. The number of carbonyl (C=O) groups is 1. The van der Waals surface area contributed by atoms with Gasteiger partial charge in [0, 0.05) is 13.2 Å². The maximum absolute atomic E-state index is 11.4. The van der Waals surface area contributed by atoms with Gasteiger partial charge >= 0.3 is 5.97 Å². The molecule has 0 aliphatic heterocycles. The van der Waals surface area contributed by atoms with Crippen LogP contribution in [0.5, 0.6) is 0 Å². The molecule has 0 heterocycles. The van der Waals surface area contributed by atoms with Crippen molar-refractivity contribution in [1.82, 2.24) is 4.90 Å². The lowest BCUT2D eigenvalue weighted by Crippen LogP contribution is -2.35. The molecule has 4 heteroatoms. The Hall–Kier alpha value is -1.39. The van der Waals surface area contributed by atoms with Crippen molar-refractivity contribution in [3.05, 3.63) is 35.9 Å². The van der Waals surface area contributed by atoms with E-state index >= 15 is 0 Å². The second kappa shape index (κ2) is 7.04. The number of hydrogen-bond donors (Lipinski definition) is 2. The number of nitrogens with zero attached hydrogens (tertiary/aromatic N) is 1. The van der Waals surface area contributed by atoms with Gasteiger partial charge in [-0.25, -0.2) is 0 Å². The Bertz CT molecular complexity index is 340. The van der Waals surface area contributed by atoms with E-state index in [9.17, 15) is 9.90 Å². The fourth-order valence-electron chi connectivity index (χ4n) is 1.89. The minimum Gasteiger partial charge on any atom is -0.480 e. The number of aliphatic carboxylic acids is 1. The van der Waals surface area contributed by atoms with Crippen LogP contribution in [0.2, 0.25) is 0 Å². The summed E-state index contributed by atoms with van der Waals surface area (Å²) in [5.74, 6) is -0.851. The van der Waals surface area contributed by atoms with Gasteiger partial charge in [-0.1, -0.05) is 37.3 Å². The number of hydrogen-bond acceptors (Lipinski definition) is 3. The van der Waals surface area contributed by atoms with E-state index in [-0.39, 0.29) is 6.61 Å². The highest BCUT2D eigenvalue weighted by Crippen LogP contribution is 2.20. The van der Waals surface area contributed by atoms with Gasteiger partial charge in [0.05, 0.1) is 0 Å². The molecule has 1 unspecified atom stereocenters. The molecule has 0 aromatic heterocycles. The summed E-state index contributed by atoms with van der Waals surface area (Å²) in [7, 11) is 0. The van der Waals surface area contributed by atoms with Crippen LogP contribution in [0.1, 0.15) is 24.9 Å². The Morgan fingerprint density at radius 1 is 1.35 bits per heavy atom. The number of aliphatic hydroxyl groups excluding tert-OH is 1. The summed E-state index contributed by atoms with van der Waals surface area (Å²) in [6.45, 7) is 3.23. The van der Waals surface area contributed by atoms with E-state index in [2.05, 4.69) is 0 Å². The van der Waals surface area contributed by atoms with Crippen molar-refractivity contribution in [2.75, 3.05) is 19.7 Å². The zero-order valence-electron chi connectivity index (χ0n) is 10.0. The van der Waals surface area contributed by atoms with E-state index in [0.717, 1.165) is 5.56 Å². The monoisotopic (exact) mass is 237 g/mol. The highest BCUT2D eigenvalue weighted by atomic mass is 16.4. The normalized spacial score (nSPS) is 12.6. The molecule has 1 atom stereocenters. The Morgan fingerprint density at radius 3 is 2.47 bits per heavy atom. The number of rotatable bonds is 7. The fraction of sp³-hybridized carbons (Fsp3) is 0.462. The second-order valence-electron chi connectivity index (χ2n) is 3.86. The van der Waals surface area contributed by atoms with Crippen LogP contribution in [0.25, 0.3) is 0 Å². The van der Waals surface area contributed by atoms with E-state index in [4.69, 9.17) is 5.11 Å². The average molecular weight is 237 g/mol. The summed E-state index contributed by atoms with van der Waals surface area (Å²) < 4.78 is 0. The summed E-state index contributed by atoms with van der Waals surface area (Å²) >= 11 is 0. The molecule has 0 saturated heterocycles. The molecule has 4 nitrogen and oxygen atoms in total. The maximum atomic E-state index is 11.4. The molecule has 1 aromatic carbocycles. The second-order valence-corrected chi connectivity index (χ2v) is 3.86. The number of benzene rings is 1. The van der Waals surface area contributed by atoms with Gasteiger partial charge in [0.1, 0.15) is 6.04 Å². The highest BCUT2D eigenvalue weighted by Gasteiger charge is 2.25. The van der Waals surface area contributed by atoms with Crippen molar-refractivity contribution in [3.8, 4) is 0 Å². The van der Waals surface area contributed by atoms with Gasteiger partial charge in [-0.3, -0.25) is 9.69 Å². The molecule has 1 aromatic rings. The van der Waals surface area contributed by atoms with E-state index < -0.39 is 12.0 Å². The third-order valence-corrected chi connectivity index (χ3v) is 2.72. The van der Waals surface area contributed by atoms with Crippen LogP contribution >= 0.6 is 0 Å². The molecule has 1 rings (SSSR count). The number of carboxylic acid groups (broad SMARTS) is 1. The Labute approximate surface area is 101 Å². The van der Waals surface area contributed by atoms with Crippen molar-refractivity contribution in [3.63, 3.8) is 0 Å². The summed E-state index contributed by atoms with van der Waals surface area (Å²) in [5.41, 5.74) is 0.778. The number of carboxylic acids is 1. The van der Waals surface area contributed by atoms with Crippen LogP contribution < -0.4 is 0 Å².